The Bertz CT molecular complexity index is 588. The number of unbranched alkanes of at least 4 members (excludes halogenated alkanes) is 13. The first-order valence-electron chi connectivity index (χ1n) is 12.9. The molecule has 0 amide bonds. The van der Waals surface area contributed by atoms with Gasteiger partial charge in [-0.05, 0) is 37.2 Å². The van der Waals surface area contributed by atoms with E-state index in [0.29, 0.717) is 0 Å². The zero-order valence-corrected chi connectivity index (χ0v) is 20.0. The standard InChI is InChI=1S/C28H45N3/c1-2-3-4-5-6-7-8-9-10-11-12-13-14-19-24-31(25-27-20-15-17-22-29-27)26-28-21-16-18-23-30-28/h15-18,20-23H,2-14,19,24-26H2,1H3. The van der Waals surface area contributed by atoms with Crippen molar-refractivity contribution in [2.24, 2.45) is 0 Å². The van der Waals surface area contributed by atoms with Crippen LogP contribution in [-0.4, -0.2) is 21.4 Å². The summed E-state index contributed by atoms with van der Waals surface area (Å²) in [6, 6.07) is 12.4. The van der Waals surface area contributed by atoms with E-state index < -0.39 is 0 Å². The molecule has 0 bridgehead atoms. The molecule has 0 spiro atoms. The van der Waals surface area contributed by atoms with Crippen LogP contribution in [0.4, 0.5) is 0 Å². The summed E-state index contributed by atoms with van der Waals surface area (Å²) < 4.78 is 0. The third kappa shape index (κ3) is 13.3. The highest BCUT2D eigenvalue weighted by Crippen LogP contribution is 2.14. The van der Waals surface area contributed by atoms with Gasteiger partial charge in [0, 0.05) is 25.5 Å². The number of hydrogen-bond acceptors (Lipinski definition) is 3. The van der Waals surface area contributed by atoms with Gasteiger partial charge in [0.05, 0.1) is 11.4 Å². The van der Waals surface area contributed by atoms with Crippen LogP contribution in [-0.2, 0) is 13.1 Å². The lowest BCUT2D eigenvalue weighted by atomic mass is 10.0. The fourth-order valence-electron chi connectivity index (χ4n) is 4.19. The monoisotopic (exact) mass is 423 g/mol. The maximum Gasteiger partial charge on any atom is 0.0544 e. The quantitative estimate of drug-likeness (QED) is 0.215. The second-order valence-corrected chi connectivity index (χ2v) is 8.95. The highest BCUT2D eigenvalue weighted by atomic mass is 15.1. The van der Waals surface area contributed by atoms with Gasteiger partial charge in [-0.3, -0.25) is 14.9 Å². The number of nitrogens with zero attached hydrogens (tertiary/aromatic N) is 3. The van der Waals surface area contributed by atoms with E-state index >= 15 is 0 Å². The van der Waals surface area contributed by atoms with Crippen LogP contribution in [0.25, 0.3) is 0 Å². The zero-order chi connectivity index (χ0) is 21.8. The minimum atomic E-state index is 0.899. The Balaban J connectivity index is 1.52. The molecule has 0 aliphatic heterocycles. The van der Waals surface area contributed by atoms with E-state index in [1.807, 2.05) is 24.5 Å². The lowest BCUT2D eigenvalue weighted by molar-refractivity contribution is 0.244. The largest absolute Gasteiger partial charge is 0.292 e. The Morgan fingerprint density at radius 3 is 1.35 bits per heavy atom. The fraction of sp³-hybridized carbons (Fsp3) is 0.643. The van der Waals surface area contributed by atoms with E-state index in [0.717, 1.165) is 31.0 Å². The SMILES string of the molecule is CCCCCCCCCCCCCCCCN(Cc1ccccn1)Cc1ccccn1. The van der Waals surface area contributed by atoms with Crippen LogP contribution < -0.4 is 0 Å². The van der Waals surface area contributed by atoms with Crippen molar-refractivity contribution in [3.05, 3.63) is 60.2 Å². The molecule has 2 rings (SSSR count). The predicted octanol–water partition coefficient (Wildman–Crippen LogP) is 7.96. The van der Waals surface area contributed by atoms with Gasteiger partial charge < -0.3 is 0 Å². The van der Waals surface area contributed by atoms with Gasteiger partial charge in [0.2, 0.25) is 0 Å². The molecule has 0 saturated heterocycles. The van der Waals surface area contributed by atoms with Crippen LogP contribution in [0, 0.1) is 0 Å². The van der Waals surface area contributed by atoms with Crippen molar-refractivity contribution in [3.63, 3.8) is 0 Å². The molecule has 0 aromatic carbocycles. The maximum absolute atomic E-state index is 4.52. The van der Waals surface area contributed by atoms with Crippen LogP contribution in [0.5, 0.6) is 0 Å². The van der Waals surface area contributed by atoms with E-state index in [2.05, 4.69) is 46.1 Å². The van der Waals surface area contributed by atoms with Crippen molar-refractivity contribution in [1.29, 1.82) is 0 Å². The number of hydrogen-bond donors (Lipinski definition) is 0. The molecule has 2 aromatic heterocycles. The minimum Gasteiger partial charge on any atom is -0.292 e. The Labute approximate surface area is 191 Å². The average molecular weight is 424 g/mol. The molecular weight excluding hydrogens is 378 g/mol. The van der Waals surface area contributed by atoms with Crippen LogP contribution in [0.2, 0.25) is 0 Å². The molecule has 0 radical (unpaired) electrons. The number of rotatable bonds is 19. The number of aromatic nitrogens is 2. The van der Waals surface area contributed by atoms with Gasteiger partial charge in [-0.2, -0.15) is 0 Å². The van der Waals surface area contributed by atoms with Crippen molar-refractivity contribution in [2.75, 3.05) is 6.54 Å². The Morgan fingerprint density at radius 1 is 0.548 bits per heavy atom. The van der Waals surface area contributed by atoms with Crippen LogP contribution in [0.1, 0.15) is 108 Å². The summed E-state index contributed by atoms with van der Waals surface area (Å²) in [6.07, 6.45) is 23.4. The van der Waals surface area contributed by atoms with E-state index in [4.69, 9.17) is 0 Å². The maximum atomic E-state index is 4.52. The van der Waals surface area contributed by atoms with Crippen molar-refractivity contribution >= 4 is 0 Å². The van der Waals surface area contributed by atoms with E-state index in [-0.39, 0.29) is 0 Å². The first kappa shape index (κ1) is 25.5. The molecule has 0 saturated carbocycles. The van der Waals surface area contributed by atoms with Gasteiger partial charge in [-0.15, -0.1) is 0 Å². The summed E-state index contributed by atoms with van der Waals surface area (Å²) in [5, 5.41) is 0. The molecule has 2 aromatic rings. The Hall–Kier alpha value is -1.74. The molecule has 0 fully saturated rings. The first-order valence-corrected chi connectivity index (χ1v) is 12.9. The van der Waals surface area contributed by atoms with Crippen molar-refractivity contribution in [2.45, 2.75) is 110 Å². The van der Waals surface area contributed by atoms with Gasteiger partial charge in [-0.25, -0.2) is 0 Å². The summed E-state index contributed by atoms with van der Waals surface area (Å²) in [6.45, 7) is 5.21. The molecule has 0 atom stereocenters. The van der Waals surface area contributed by atoms with Gasteiger partial charge in [0.1, 0.15) is 0 Å². The number of pyridine rings is 2. The third-order valence-corrected chi connectivity index (χ3v) is 6.05. The van der Waals surface area contributed by atoms with Crippen LogP contribution in [0.3, 0.4) is 0 Å². The summed E-state index contributed by atoms with van der Waals surface area (Å²) in [4.78, 5) is 11.5. The highest BCUT2D eigenvalue weighted by molar-refractivity contribution is 5.06. The molecule has 0 aliphatic carbocycles. The molecule has 31 heavy (non-hydrogen) atoms. The molecule has 0 N–H and O–H groups in total. The lowest BCUT2D eigenvalue weighted by Crippen LogP contribution is -2.25. The highest BCUT2D eigenvalue weighted by Gasteiger charge is 2.08. The summed E-state index contributed by atoms with van der Waals surface area (Å²) in [5.41, 5.74) is 2.28. The van der Waals surface area contributed by atoms with Gasteiger partial charge in [0.25, 0.3) is 0 Å². The summed E-state index contributed by atoms with van der Waals surface area (Å²) in [5.74, 6) is 0. The molecule has 2 heterocycles. The van der Waals surface area contributed by atoms with Crippen molar-refractivity contribution in [3.8, 4) is 0 Å². The van der Waals surface area contributed by atoms with Gasteiger partial charge in [-0.1, -0.05) is 103 Å². The van der Waals surface area contributed by atoms with Gasteiger partial charge in [0.15, 0.2) is 0 Å². The van der Waals surface area contributed by atoms with Crippen LogP contribution in [0.15, 0.2) is 48.8 Å². The minimum absolute atomic E-state index is 0.899. The summed E-state index contributed by atoms with van der Waals surface area (Å²) >= 11 is 0. The fourth-order valence-corrected chi connectivity index (χ4v) is 4.19. The second kappa shape index (κ2) is 17.9. The van der Waals surface area contributed by atoms with E-state index in [9.17, 15) is 0 Å². The molecule has 0 unspecified atom stereocenters. The second-order valence-electron chi connectivity index (χ2n) is 8.95. The van der Waals surface area contributed by atoms with Crippen molar-refractivity contribution < 1.29 is 0 Å². The zero-order valence-electron chi connectivity index (χ0n) is 20.0. The van der Waals surface area contributed by atoms with Crippen LogP contribution >= 0.6 is 0 Å². The smallest absolute Gasteiger partial charge is 0.0544 e. The molecule has 3 nitrogen and oxygen atoms in total. The third-order valence-electron chi connectivity index (χ3n) is 6.05. The Kier molecular flexibility index (Phi) is 14.7. The molecular formula is C28H45N3. The lowest BCUT2D eigenvalue weighted by Gasteiger charge is -2.21. The normalized spacial score (nSPS) is 11.3. The average Bonchev–Trinajstić information content (AvgIpc) is 2.80. The molecule has 3 heteroatoms. The predicted molar refractivity (Wildman–Crippen MR) is 133 cm³/mol. The van der Waals surface area contributed by atoms with Gasteiger partial charge >= 0.3 is 0 Å². The first-order chi connectivity index (χ1) is 15.4. The van der Waals surface area contributed by atoms with Crippen molar-refractivity contribution in [1.82, 2.24) is 14.9 Å². The topological polar surface area (TPSA) is 29.0 Å². The van der Waals surface area contributed by atoms with E-state index in [1.165, 1.54) is 89.9 Å². The van der Waals surface area contributed by atoms with E-state index in [1.54, 1.807) is 0 Å². The summed E-state index contributed by atoms with van der Waals surface area (Å²) in [7, 11) is 0. The Morgan fingerprint density at radius 2 is 0.968 bits per heavy atom. The molecule has 0 aliphatic rings. The molecule has 172 valence electrons.